The molecule has 2 rings (SSSR count). The molecule has 0 bridgehead atoms. The highest BCUT2D eigenvalue weighted by molar-refractivity contribution is 6.28. The zero-order valence-electron chi connectivity index (χ0n) is 11.3. The van der Waals surface area contributed by atoms with E-state index in [-0.39, 0.29) is 10.8 Å². The van der Waals surface area contributed by atoms with Gasteiger partial charge in [0.05, 0.1) is 11.1 Å². The zero-order valence-corrected chi connectivity index (χ0v) is 12.1. The summed E-state index contributed by atoms with van der Waals surface area (Å²) in [4.78, 5) is 0. The van der Waals surface area contributed by atoms with Gasteiger partial charge in [0.1, 0.15) is 0 Å². The molecule has 1 aromatic carbocycles. The molecular formula is C14H13ClF2NO4+. The Kier molecular flexibility index (Phi) is 4.20. The van der Waals surface area contributed by atoms with Gasteiger partial charge in [-0.05, 0) is 30.7 Å². The molecule has 0 saturated heterocycles. The summed E-state index contributed by atoms with van der Waals surface area (Å²) in [7, 11) is 0. The Morgan fingerprint density at radius 1 is 0.955 bits per heavy atom. The van der Waals surface area contributed by atoms with Gasteiger partial charge in [0.15, 0.2) is 6.20 Å². The number of halogens is 3. The minimum absolute atomic E-state index is 0.168. The van der Waals surface area contributed by atoms with E-state index in [1.807, 2.05) is 0 Å². The summed E-state index contributed by atoms with van der Waals surface area (Å²) in [5.41, 5.74) is -1.11. The van der Waals surface area contributed by atoms with Crippen LogP contribution in [0.25, 0.3) is 5.69 Å². The molecule has 0 unspecified atom stereocenters. The number of aryl methyl sites for hydroxylation is 1. The second kappa shape index (κ2) is 5.53. The average Bonchev–Trinajstić information content (AvgIpc) is 2.39. The van der Waals surface area contributed by atoms with Crippen LogP contribution in [0.1, 0.15) is 16.7 Å². The Morgan fingerprint density at radius 3 is 2.09 bits per heavy atom. The van der Waals surface area contributed by atoms with E-state index >= 15 is 0 Å². The van der Waals surface area contributed by atoms with Gasteiger partial charge in [-0.25, -0.2) is 0 Å². The SMILES string of the molecule is Cc1ccc(Cl)[n+](-c2ccc(C(O)(O)F)c(C(O)(O)F)c2)c1. The van der Waals surface area contributed by atoms with E-state index in [1.165, 1.54) is 10.6 Å². The quantitative estimate of drug-likeness (QED) is 0.384. The van der Waals surface area contributed by atoms with E-state index in [0.717, 1.165) is 17.7 Å². The second-order valence-corrected chi connectivity index (χ2v) is 5.19. The maximum atomic E-state index is 13.5. The van der Waals surface area contributed by atoms with Crippen LogP contribution in [0.3, 0.4) is 0 Å². The third-order valence-electron chi connectivity index (χ3n) is 3.01. The summed E-state index contributed by atoms with van der Waals surface area (Å²) in [5, 5.41) is 36.3. The number of rotatable bonds is 3. The molecule has 4 N–H and O–H groups in total. The summed E-state index contributed by atoms with van der Waals surface area (Å²) < 4.78 is 28.1. The molecule has 0 saturated carbocycles. The number of nitrogens with zero attached hydrogens (tertiary/aromatic N) is 1. The van der Waals surface area contributed by atoms with Crippen molar-refractivity contribution in [2.24, 2.45) is 0 Å². The molecule has 2 aromatic rings. The number of aliphatic hydroxyl groups is 4. The first kappa shape index (κ1) is 16.7. The molecule has 0 radical (unpaired) electrons. The fourth-order valence-electron chi connectivity index (χ4n) is 2.01. The Bertz CT molecular complexity index is 711. The molecule has 1 aromatic heterocycles. The number of pyridine rings is 1. The lowest BCUT2D eigenvalue weighted by molar-refractivity contribution is -0.593. The topological polar surface area (TPSA) is 84.8 Å². The van der Waals surface area contributed by atoms with Gasteiger partial charge in [0.2, 0.25) is 5.69 Å². The highest BCUT2D eigenvalue weighted by Gasteiger charge is 2.38. The van der Waals surface area contributed by atoms with Crippen molar-refractivity contribution in [3.63, 3.8) is 0 Å². The van der Waals surface area contributed by atoms with Crippen molar-refractivity contribution < 1.29 is 33.8 Å². The lowest BCUT2D eigenvalue weighted by Gasteiger charge is -2.20. The summed E-state index contributed by atoms with van der Waals surface area (Å²) in [6.45, 7) is 1.77. The van der Waals surface area contributed by atoms with Gasteiger partial charge in [0, 0.05) is 23.8 Å². The number of hydrogen-bond donors (Lipinski definition) is 4. The van der Waals surface area contributed by atoms with E-state index in [2.05, 4.69) is 0 Å². The molecule has 0 spiro atoms. The van der Waals surface area contributed by atoms with Crippen molar-refractivity contribution in [1.29, 1.82) is 0 Å². The van der Waals surface area contributed by atoms with Gasteiger partial charge < -0.3 is 20.4 Å². The predicted molar refractivity (Wildman–Crippen MR) is 72.2 cm³/mol. The molecule has 0 aliphatic rings. The van der Waals surface area contributed by atoms with E-state index in [1.54, 1.807) is 25.3 Å². The highest BCUT2D eigenvalue weighted by Crippen LogP contribution is 2.32. The zero-order chi connectivity index (χ0) is 16.7. The molecule has 22 heavy (non-hydrogen) atoms. The van der Waals surface area contributed by atoms with Crippen LogP contribution in [0.5, 0.6) is 0 Å². The van der Waals surface area contributed by atoms with Crippen molar-refractivity contribution in [2.45, 2.75) is 19.0 Å². The van der Waals surface area contributed by atoms with Crippen molar-refractivity contribution in [1.82, 2.24) is 0 Å². The summed E-state index contributed by atoms with van der Waals surface area (Å²) in [6, 6.07) is -1.74. The van der Waals surface area contributed by atoms with Gasteiger partial charge in [0.25, 0.3) is 5.15 Å². The normalized spacial score (nSPS) is 12.5. The van der Waals surface area contributed by atoms with E-state index < -0.39 is 23.2 Å². The van der Waals surface area contributed by atoms with Crippen LogP contribution in [0, 0.1) is 6.92 Å². The predicted octanol–water partition coefficient (Wildman–Crippen LogP) is 1.05. The van der Waals surface area contributed by atoms with Crippen LogP contribution in [-0.2, 0) is 12.1 Å². The van der Waals surface area contributed by atoms with Crippen molar-refractivity contribution in [2.75, 3.05) is 0 Å². The standard InChI is InChI=1S/C14H13ClF2NO4/c1-8-2-5-12(15)18(7-8)9-3-4-10(13(16,19)20)11(6-9)14(17,21)22/h2-7,19-22H,1H3/q+1. The average molecular weight is 333 g/mol. The van der Waals surface area contributed by atoms with Gasteiger partial charge in [-0.1, -0.05) is 0 Å². The molecule has 0 aliphatic carbocycles. The van der Waals surface area contributed by atoms with Gasteiger partial charge >= 0.3 is 12.1 Å². The Labute approximate surface area is 129 Å². The molecule has 118 valence electrons. The highest BCUT2D eigenvalue weighted by atomic mass is 35.5. The van der Waals surface area contributed by atoms with E-state index in [4.69, 9.17) is 32.0 Å². The van der Waals surface area contributed by atoms with Crippen LogP contribution >= 0.6 is 11.6 Å². The molecular weight excluding hydrogens is 320 g/mol. The lowest BCUT2D eigenvalue weighted by atomic mass is 10.0. The molecule has 0 aliphatic heterocycles. The van der Waals surface area contributed by atoms with Crippen LogP contribution in [0.4, 0.5) is 8.78 Å². The van der Waals surface area contributed by atoms with Crippen molar-refractivity contribution in [3.8, 4) is 5.69 Å². The number of aromatic nitrogens is 1. The first-order chi connectivity index (χ1) is 10.00. The Hall–Kier alpha value is -1.64. The van der Waals surface area contributed by atoms with Crippen LogP contribution < -0.4 is 4.57 Å². The van der Waals surface area contributed by atoms with Crippen molar-refractivity contribution >= 4 is 11.6 Å². The molecule has 1 heterocycles. The molecule has 5 nitrogen and oxygen atoms in total. The molecule has 0 fully saturated rings. The first-order valence-corrected chi connectivity index (χ1v) is 6.48. The largest absolute Gasteiger partial charge is 0.344 e. The first-order valence-electron chi connectivity index (χ1n) is 6.10. The summed E-state index contributed by atoms with van der Waals surface area (Å²) in [6.07, 6.45) is 1.58. The molecule has 8 heteroatoms. The fraction of sp³-hybridized carbons (Fsp3) is 0.214. The van der Waals surface area contributed by atoms with Crippen LogP contribution in [0.15, 0.2) is 36.5 Å². The van der Waals surface area contributed by atoms with Crippen LogP contribution in [-0.4, -0.2) is 20.4 Å². The Morgan fingerprint density at radius 2 is 1.55 bits per heavy atom. The number of hydrogen-bond acceptors (Lipinski definition) is 4. The van der Waals surface area contributed by atoms with E-state index in [9.17, 15) is 8.78 Å². The Balaban J connectivity index is 2.69. The maximum Gasteiger partial charge on any atom is 0.344 e. The van der Waals surface area contributed by atoms with Gasteiger partial charge in [-0.2, -0.15) is 13.3 Å². The molecule has 0 atom stereocenters. The number of benzene rings is 1. The minimum atomic E-state index is -3.97. The van der Waals surface area contributed by atoms with Gasteiger partial charge in [-0.3, -0.25) is 0 Å². The lowest BCUT2D eigenvalue weighted by Crippen LogP contribution is -2.34. The minimum Gasteiger partial charge on any atom is -0.336 e. The van der Waals surface area contributed by atoms with Crippen molar-refractivity contribution in [3.05, 3.63) is 58.4 Å². The van der Waals surface area contributed by atoms with Crippen LogP contribution in [0.2, 0.25) is 5.15 Å². The second-order valence-electron chi connectivity index (χ2n) is 4.80. The maximum absolute atomic E-state index is 13.5. The smallest absolute Gasteiger partial charge is 0.336 e. The number of alkyl halides is 2. The fourth-order valence-corrected chi connectivity index (χ4v) is 2.22. The van der Waals surface area contributed by atoms with E-state index in [0.29, 0.717) is 0 Å². The third-order valence-corrected chi connectivity index (χ3v) is 3.32. The molecule has 0 amide bonds. The third kappa shape index (κ3) is 3.40. The summed E-state index contributed by atoms with van der Waals surface area (Å²) in [5.74, 6) is 0. The summed E-state index contributed by atoms with van der Waals surface area (Å²) >= 11 is 6.00. The van der Waals surface area contributed by atoms with Gasteiger partial charge in [-0.15, -0.1) is 0 Å². The monoisotopic (exact) mass is 332 g/mol.